The Morgan fingerprint density at radius 3 is 2.70 bits per heavy atom. The van der Waals surface area contributed by atoms with Gasteiger partial charge in [0.2, 0.25) is 11.9 Å². The van der Waals surface area contributed by atoms with Gasteiger partial charge in [-0.2, -0.15) is 15.0 Å². The van der Waals surface area contributed by atoms with E-state index in [1.165, 1.54) is 0 Å². The van der Waals surface area contributed by atoms with Crippen LogP contribution in [-0.4, -0.2) is 39.8 Å². The van der Waals surface area contributed by atoms with Gasteiger partial charge in [-0.15, -0.1) is 0 Å². The fraction of sp³-hybridized carbons (Fsp3) is 0.750. The highest BCUT2D eigenvalue weighted by Crippen LogP contribution is 2.11. The van der Waals surface area contributed by atoms with Crippen LogP contribution in [0.25, 0.3) is 0 Å². The molecule has 0 aliphatic heterocycles. The highest BCUT2D eigenvalue weighted by atomic mass is 16.5. The van der Waals surface area contributed by atoms with Gasteiger partial charge in [-0.1, -0.05) is 13.8 Å². The maximum atomic E-state index is 8.95. The zero-order valence-corrected chi connectivity index (χ0v) is 12.1. The van der Waals surface area contributed by atoms with Crippen molar-refractivity contribution in [3.63, 3.8) is 0 Å². The summed E-state index contributed by atoms with van der Waals surface area (Å²) in [4.78, 5) is 12.3. The van der Waals surface area contributed by atoms with Crippen molar-refractivity contribution >= 4 is 11.9 Å². The van der Waals surface area contributed by atoms with Crippen molar-refractivity contribution in [3.05, 3.63) is 0 Å². The molecule has 0 amide bonds. The third-order valence-electron chi connectivity index (χ3n) is 2.65. The van der Waals surface area contributed by atoms with Crippen molar-refractivity contribution in [2.75, 3.05) is 30.5 Å². The van der Waals surface area contributed by atoms with Gasteiger partial charge in [0.25, 0.3) is 0 Å². The Hall–Kier alpha value is -1.67. The smallest absolute Gasteiger partial charge is 0.323 e. The zero-order chi connectivity index (χ0) is 14.8. The molecule has 114 valence electrons. The van der Waals surface area contributed by atoms with Crippen LogP contribution in [0.4, 0.5) is 11.9 Å². The zero-order valence-electron chi connectivity index (χ0n) is 12.1. The first-order valence-corrected chi connectivity index (χ1v) is 6.89. The van der Waals surface area contributed by atoms with E-state index in [9.17, 15) is 0 Å². The minimum Gasteiger partial charge on any atom is -0.463 e. The molecule has 0 saturated heterocycles. The van der Waals surface area contributed by atoms with Gasteiger partial charge in [0.05, 0.1) is 6.61 Å². The minimum absolute atomic E-state index is 0.210. The Balaban J connectivity index is 2.50. The van der Waals surface area contributed by atoms with E-state index in [2.05, 4.69) is 25.7 Å². The molecule has 1 atom stereocenters. The Bertz CT molecular complexity index is 390. The Kier molecular flexibility index (Phi) is 7.59. The lowest BCUT2D eigenvalue weighted by molar-refractivity contribution is 0.229. The van der Waals surface area contributed by atoms with Crippen molar-refractivity contribution in [2.24, 2.45) is 11.8 Å². The molecule has 1 aromatic heterocycles. The average molecular weight is 284 g/mol. The molecule has 20 heavy (non-hydrogen) atoms. The van der Waals surface area contributed by atoms with Crippen LogP contribution >= 0.6 is 0 Å². The number of hydrogen-bond acceptors (Lipinski definition) is 8. The predicted octanol–water partition coefficient (Wildman–Crippen LogP) is 0.766. The van der Waals surface area contributed by atoms with E-state index >= 15 is 0 Å². The van der Waals surface area contributed by atoms with Crippen molar-refractivity contribution in [1.29, 1.82) is 0 Å². The fourth-order valence-electron chi connectivity index (χ4n) is 1.50. The van der Waals surface area contributed by atoms with Gasteiger partial charge in [0.1, 0.15) is 0 Å². The molecule has 8 heteroatoms. The predicted molar refractivity (Wildman–Crippen MR) is 77.4 cm³/mol. The SMILES string of the molecule is CCCOc1nc(NN)nc(NCCCC(C)CO)n1. The molecular formula is C12H24N6O2. The first-order chi connectivity index (χ1) is 9.69. The molecule has 1 unspecified atom stereocenters. The number of hydrazine groups is 1. The molecular weight excluding hydrogens is 260 g/mol. The molecule has 0 saturated carbocycles. The van der Waals surface area contributed by atoms with Crippen LogP contribution in [0.5, 0.6) is 6.01 Å². The molecule has 0 radical (unpaired) electrons. The normalized spacial score (nSPS) is 12.0. The summed E-state index contributed by atoms with van der Waals surface area (Å²) in [5.41, 5.74) is 2.39. The second kappa shape index (κ2) is 9.27. The number of nitrogens with two attached hydrogens (primary N) is 1. The van der Waals surface area contributed by atoms with Gasteiger partial charge >= 0.3 is 6.01 Å². The maximum Gasteiger partial charge on any atom is 0.323 e. The number of ether oxygens (including phenoxy) is 1. The largest absolute Gasteiger partial charge is 0.463 e. The monoisotopic (exact) mass is 284 g/mol. The fourth-order valence-corrected chi connectivity index (χ4v) is 1.50. The highest BCUT2D eigenvalue weighted by Gasteiger charge is 2.06. The van der Waals surface area contributed by atoms with Gasteiger partial charge in [0.15, 0.2) is 0 Å². The molecule has 0 aliphatic rings. The van der Waals surface area contributed by atoms with E-state index in [4.69, 9.17) is 15.7 Å². The Labute approximate surface area is 119 Å². The molecule has 8 nitrogen and oxygen atoms in total. The molecule has 0 bridgehead atoms. The summed E-state index contributed by atoms with van der Waals surface area (Å²) in [7, 11) is 0. The van der Waals surface area contributed by atoms with Gasteiger partial charge in [-0.3, -0.25) is 5.43 Å². The number of aliphatic hydroxyl groups is 1. The molecule has 0 fully saturated rings. The van der Waals surface area contributed by atoms with Gasteiger partial charge in [-0.25, -0.2) is 5.84 Å². The molecule has 1 rings (SSSR count). The van der Waals surface area contributed by atoms with Crippen molar-refractivity contribution in [3.8, 4) is 6.01 Å². The lowest BCUT2D eigenvalue weighted by atomic mass is 10.1. The number of hydrogen-bond donors (Lipinski definition) is 4. The summed E-state index contributed by atoms with van der Waals surface area (Å²) in [6.45, 7) is 5.48. The average Bonchev–Trinajstić information content (AvgIpc) is 2.48. The van der Waals surface area contributed by atoms with Crippen LogP contribution in [-0.2, 0) is 0 Å². The van der Waals surface area contributed by atoms with Crippen LogP contribution in [0.15, 0.2) is 0 Å². The van der Waals surface area contributed by atoms with Gasteiger partial charge in [-0.05, 0) is 25.2 Å². The van der Waals surface area contributed by atoms with E-state index in [1.807, 2.05) is 13.8 Å². The molecule has 0 aliphatic carbocycles. The first kappa shape index (κ1) is 16.4. The molecule has 1 aromatic rings. The Morgan fingerprint density at radius 2 is 2.05 bits per heavy atom. The van der Waals surface area contributed by atoms with E-state index in [0.717, 1.165) is 19.3 Å². The maximum absolute atomic E-state index is 8.95. The molecule has 0 aromatic carbocycles. The number of anilines is 2. The van der Waals surface area contributed by atoms with Crippen molar-refractivity contribution < 1.29 is 9.84 Å². The number of rotatable bonds is 10. The van der Waals surface area contributed by atoms with E-state index in [1.54, 1.807) is 0 Å². The molecule has 5 N–H and O–H groups in total. The topological polar surface area (TPSA) is 118 Å². The number of nitrogens with one attached hydrogen (secondary N) is 2. The second-order valence-corrected chi connectivity index (χ2v) is 4.61. The number of nitrogens with zero attached hydrogens (tertiary/aromatic N) is 3. The summed E-state index contributed by atoms with van der Waals surface area (Å²) < 4.78 is 5.37. The second-order valence-electron chi connectivity index (χ2n) is 4.61. The Morgan fingerprint density at radius 1 is 1.30 bits per heavy atom. The third-order valence-corrected chi connectivity index (χ3v) is 2.65. The minimum atomic E-state index is 0.210. The van der Waals surface area contributed by atoms with Crippen LogP contribution in [0.1, 0.15) is 33.1 Å². The van der Waals surface area contributed by atoms with Gasteiger partial charge < -0.3 is 15.2 Å². The summed E-state index contributed by atoms with van der Waals surface area (Å²) >= 11 is 0. The van der Waals surface area contributed by atoms with Gasteiger partial charge in [0, 0.05) is 13.2 Å². The summed E-state index contributed by atoms with van der Waals surface area (Å²) in [5, 5.41) is 12.0. The quantitative estimate of drug-likeness (QED) is 0.282. The van der Waals surface area contributed by atoms with Crippen LogP contribution < -0.4 is 21.3 Å². The lowest BCUT2D eigenvalue weighted by Gasteiger charge is -2.10. The number of aromatic nitrogens is 3. The molecule has 0 spiro atoms. The standard InChI is InChI=1S/C12H24N6O2/c1-3-7-20-12-16-10(15-11(17-12)18-13)14-6-4-5-9(2)8-19/h9,19H,3-8,13H2,1-2H3,(H2,14,15,16,17,18). The van der Waals surface area contributed by atoms with Crippen LogP contribution in [0, 0.1) is 5.92 Å². The lowest BCUT2D eigenvalue weighted by Crippen LogP contribution is -2.15. The number of aliphatic hydroxyl groups excluding tert-OH is 1. The first-order valence-electron chi connectivity index (χ1n) is 6.89. The molecule has 1 heterocycles. The number of nitrogen functional groups attached to an aromatic ring is 1. The summed E-state index contributed by atoms with van der Waals surface area (Å²) in [6, 6.07) is 0.251. The third kappa shape index (κ3) is 5.98. The van der Waals surface area contributed by atoms with Crippen molar-refractivity contribution in [2.45, 2.75) is 33.1 Å². The van der Waals surface area contributed by atoms with E-state index in [-0.39, 0.29) is 18.6 Å². The van der Waals surface area contributed by atoms with Crippen molar-refractivity contribution in [1.82, 2.24) is 15.0 Å². The van der Waals surface area contributed by atoms with E-state index < -0.39 is 0 Å². The summed E-state index contributed by atoms with van der Waals surface area (Å²) in [6.07, 6.45) is 2.73. The van der Waals surface area contributed by atoms with Crippen LogP contribution in [0.2, 0.25) is 0 Å². The summed E-state index contributed by atoms with van der Waals surface area (Å²) in [5.74, 6) is 6.31. The van der Waals surface area contributed by atoms with Crippen LogP contribution in [0.3, 0.4) is 0 Å². The van der Waals surface area contributed by atoms with E-state index in [0.29, 0.717) is 25.0 Å². The highest BCUT2D eigenvalue weighted by molar-refractivity contribution is 5.34.